The van der Waals surface area contributed by atoms with E-state index in [4.69, 9.17) is 16.3 Å². The molecule has 0 bridgehead atoms. The topological polar surface area (TPSA) is 58.6 Å². The number of amides is 2. The zero-order chi connectivity index (χ0) is 23.0. The second-order valence-corrected chi connectivity index (χ2v) is 7.88. The van der Waals surface area contributed by atoms with Crippen LogP contribution in [-0.2, 0) is 9.59 Å². The molecule has 0 saturated carbocycles. The largest absolute Gasteiger partial charge is 0.497 e. The molecular formula is C25H20ClFN2O3. The van der Waals surface area contributed by atoms with Crippen molar-refractivity contribution in [2.24, 2.45) is 0 Å². The van der Waals surface area contributed by atoms with Crippen LogP contribution in [0.3, 0.4) is 0 Å². The Morgan fingerprint density at radius 3 is 2.44 bits per heavy atom. The van der Waals surface area contributed by atoms with Crippen molar-refractivity contribution in [2.75, 3.05) is 17.3 Å². The minimum atomic E-state index is -0.633. The van der Waals surface area contributed by atoms with Crippen molar-refractivity contribution in [3.05, 3.63) is 93.9 Å². The molecule has 4 rings (SSSR count). The molecule has 1 aliphatic rings. The first-order chi connectivity index (χ1) is 15.3. The minimum absolute atomic E-state index is 0.121. The number of nitrogens with zero attached hydrogens (tertiary/aromatic N) is 1. The van der Waals surface area contributed by atoms with E-state index in [1.807, 2.05) is 32.0 Å². The summed E-state index contributed by atoms with van der Waals surface area (Å²) in [6.07, 6.45) is 0. The van der Waals surface area contributed by atoms with Gasteiger partial charge in [0.25, 0.3) is 11.8 Å². The van der Waals surface area contributed by atoms with Crippen molar-refractivity contribution in [2.45, 2.75) is 13.8 Å². The Morgan fingerprint density at radius 1 is 0.969 bits per heavy atom. The van der Waals surface area contributed by atoms with E-state index in [1.54, 1.807) is 31.4 Å². The summed E-state index contributed by atoms with van der Waals surface area (Å²) < 4.78 is 19.0. The summed E-state index contributed by atoms with van der Waals surface area (Å²) in [5, 5.41) is 2.92. The molecule has 0 fully saturated rings. The third-order valence-corrected chi connectivity index (χ3v) is 5.53. The highest BCUT2D eigenvalue weighted by Crippen LogP contribution is 2.36. The molecule has 3 aromatic carbocycles. The van der Waals surface area contributed by atoms with Gasteiger partial charge in [0.2, 0.25) is 0 Å². The van der Waals surface area contributed by atoms with Crippen LogP contribution in [0.2, 0.25) is 5.02 Å². The molecule has 0 spiro atoms. The Labute approximate surface area is 190 Å². The molecule has 0 aliphatic carbocycles. The van der Waals surface area contributed by atoms with E-state index in [9.17, 15) is 14.0 Å². The summed E-state index contributed by atoms with van der Waals surface area (Å²) in [4.78, 5) is 28.0. The third-order valence-electron chi connectivity index (χ3n) is 5.24. The molecule has 2 amide bonds. The van der Waals surface area contributed by atoms with Gasteiger partial charge in [-0.1, -0.05) is 41.4 Å². The van der Waals surface area contributed by atoms with Crippen LogP contribution in [0.5, 0.6) is 5.75 Å². The second-order valence-electron chi connectivity index (χ2n) is 7.47. The molecule has 1 heterocycles. The lowest BCUT2D eigenvalue weighted by molar-refractivity contribution is -0.120. The molecule has 1 N–H and O–H groups in total. The lowest BCUT2D eigenvalue weighted by Gasteiger charge is -2.16. The van der Waals surface area contributed by atoms with Crippen LogP contribution in [-0.4, -0.2) is 18.9 Å². The second kappa shape index (κ2) is 8.48. The Kier molecular flexibility index (Phi) is 5.72. The molecule has 5 nitrogen and oxygen atoms in total. The number of ether oxygens (including phenoxy) is 1. The zero-order valence-corrected chi connectivity index (χ0v) is 18.5. The molecule has 0 saturated heterocycles. The number of benzene rings is 3. The summed E-state index contributed by atoms with van der Waals surface area (Å²) in [5.74, 6) is -1.11. The fourth-order valence-electron chi connectivity index (χ4n) is 3.69. The van der Waals surface area contributed by atoms with Crippen LogP contribution in [0, 0.1) is 19.7 Å². The summed E-state index contributed by atoms with van der Waals surface area (Å²) in [6, 6.07) is 16.4. The van der Waals surface area contributed by atoms with E-state index in [0.29, 0.717) is 17.0 Å². The van der Waals surface area contributed by atoms with E-state index >= 15 is 0 Å². The van der Waals surface area contributed by atoms with Crippen LogP contribution >= 0.6 is 11.6 Å². The minimum Gasteiger partial charge on any atom is -0.497 e. The maximum absolute atomic E-state index is 13.7. The van der Waals surface area contributed by atoms with E-state index < -0.39 is 17.6 Å². The highest BCUT2D eigenvalue weighted by Gasteiger charge is 2.41. The molecule has 1 aliphatic heterocycles. The Hall–Kier alpha value is -3.64. The first kappa shape index (κ1) is 21.6. The molecule has 0 aromatic heterocycles. The van der Waals surface area contributed by atoms with Crippen molar-refractivity contribution in [1.29, 1.82) is 0 Å². The van der Waals surface area contributed by atoms with Gasteiger partial charge in [0.05, 0.1) is 23.4 Å². The molecule has 0 unspecified atom stereocenters. The van der Waals surface area contributed by atoms with Crippen molar-refractivity contribution in [3.63, 3.8) is 0 Å². The Morgan fingerprint density at radius 2 is 1.75 bits per heavy atom. The molecule has 0 atom stereocenters. The van der Waals surface area contributed by atoms with Crippen LogP contribution < -0.4 is 15.0 Å². The smallest absolute Gasteiger partial charge is 0.282 e. The fraction of sp³-hybridized carbons (Fsp3) is 0.120. The van der Waals surface area contributed by atoms with Crippen molar-refractivity contribution in [1.82, 2.24) is 0 Å². The van der Waals surface area contributed by atoms with Gasteiger partial charge in [-0.2, -0.15) is 0 Å². The normalized spacial score (nSPS) is 13.7. The number of imide groups is 1. The lowest BCUT2D eigenvalue weighted by Crippen LogP contribution is -2.32. The quantitative estimate of drug-likeness (QED) is 0.521. The molecular weight excluding hydrogens is 431 g/mol. The van der Waals surface area contributed by atoms with E-state index in [1.165, 1.54) is 12.1 Å². The SMILES string of the molecule is COc1cccc(NC2=C(c3ccc(C)cc3C)C(=O)N(c3ccc(F)c(Cl)c3)C2=O)c1. The van der Waals surface area contributed by atoms with Gasteiger partial charge in [0.1, 0.15) is 17.3 Å². The first-order valence-electron chi connectivity index (χ1n) is 9.87. The van der Waals surface area contributed by atoms with Crippen molar-refractivity contribution < 1.29 is 18.7 Å². The monoisotopic (exact) mass is 450 g/mol. The van der Waals surface area contributed by atoms with E-state index in [-0.39, 0.29) is 22.0 Å². The Balaban J connectivity index is 1.86. The van der Waals surface area contributed by atoms with Gasteiger partial charge in [-0.25, -0.2) is 9.29 Å². The molecule has 7 heteroatoms. The van der Waals surface area contributed by atoms with Crippen LogP contribution in [0.25, 0.3) is 5.57 Å². The van der Waals surface area contributed by atoms with E-state index in [2.05, 4.69) is 5.32 Å². The number of anilines is 2. The van der Waals surface area contributed by atoms with Gasteiger partial charge in [-0.3, -0.25) is 9.59 Å². The first-order valence-corrected chi connectivity index (χ1v) is 10.2. The fourth-order valence-corrected chi connectivity index (χ4v) is 3.87. The predicted molar refractivity (Wildman–Crippen MR) is 123 cm³/mol. The third kappa shape index (κ3) is 3.85. The van der Waals surface area contributed by atoms with Gasteiger partial charge in [-0.15, -0.1) is 0 Å². The van der Waals surface area contributed by atoms with Gasteiger partial charge >= 0.3 is 0 Å². The number of methoxy groups -OCH3 is 1. The number of halogens is 2. The highest BCUT2D eigenvalue weighted by atomic mass is 35.5. The number of hydrogen-bond donors (Lipinski definition) is 1. The lowest BCUT2D eigenvalue weighted by atomic mass is 9.97. The standard InChI is InChI=1S/C25H20ClFN2O3/c1-14-7-9-19(15(2)11-14)22-23(28-16-5-4-6-18(12-16)32-3)25(31)29(24(22)30)17-8-10-21(27)20(26)13-17/h4-13,28H,1-3H3. The number of carbonyl (C=O) groups is 2. The number of nitrogens with one attached hydrogen (secondary N) is 1. The maximum atomic E-state index is 13.7. The molecule has 3 aromatic rings. The average Bonchev–Trinajstić information content (AvgIpc) is 3.00. The summed E-state index contributed by atoms with van der Waals surface area (Å²) in [6.45, 7) is 3.84. The van der Waals surface area contributed by atoms with Gasteiger partial charge in [-0.05, 0) is 55.3 Å². The van der Waals surface area contributed by atoms with Crippen molar-refractivity contribution >= 4 is 40.4 Å². The number of aryl methyl sites for hydroxylation is 2. The van der Waals surface area contributed by atoms with E-state index in [0.717, 1.165) is 22.1 Å². The molecule has 32 heavy (non-hydrogen) atoms. The van der Waals surface area contributed by atoms with Gasteiger partial charge in [0, 0.05) is 11.8 Å². The van der Waals surface area contributed by atoms with Crippen LogP contribution in [0.15, 0.2) is 66.4 Å². The number of carbonyl (C=O) groups excluding carboxylic acids is 2. The summed E-state index contributed by atoms with van der Waals surface area (Å²) in [7, 11) is 1.55. The van der Waals surface area contributed by atoms with Crippen molar-refractivity contribution in [3.8, 4) is 5.75 Å². The maximum Gasteiger partial charge on any atom is 0.282 e. The number of hydrogen-bond acceptors (Lipinski definition) is 4. The van der Waals surface area contributed by atoms with Gasteiger partial charge < -0.3 is 10.1 Å². The van der Waals surface area contributed by atoms with Gasteiger partial charge in [0.15, 0.2) is 0 Å². The summed E-state index contributed by atoms with van der Waals surface area (Å²) in [5.41, 5.74) is 3.65. The highest BCUT2D eigenvalue weighted by molar-refractivity contribution is 6.46. The van der Waals surface area contributed by atoms with Crippen LogP contribution in [0.1, 0.15) is 16.7 Å². The summed E-state index contributed by atoms with van der Waals surface area (Å²) >= 11 is 5.92. The number of rotatable bonds is 5. The Bertz CT molecular complexity index is 1290. The molecule has 162 valence electrons. The van der Waals surface area contributed by atoms with Crippen LogP contribution in [0.4, 0.5) is 15.8 Å². The molecule has 0 radical (unpaired) electrons. The zero-order valence-electron chi connectivity index (χ0n) is 17.7. The predicted octanol–water partition coefficient (Wildman–Crippen LogP) is 5.50. The average molecular weight is 451 g/mol.